The summed E-state index contributed by atoms with van der Waals surface area (Å²) in [4.78, 5) is 29.4. The van der Waals surface area contributed by atoms with Crippen LogP contribution in [-0.4, -0.2) is 41.0 Å². The van der Waals surface area contributed by atoms with Crippen molar-refractivity contribution < 1.29 is 23.5 Å². The molecule has 0 radical (unpaired) electrons. The van der Waals surface area contributed by atoms with E-state index < -0.39 is 5.54 Å². The summed E-state index contributed by atoms with van der Waals surface area (Å²) in [6.07, 6.45) is 1.59. The topological polar surface area (TPSA) is 85.9 Å². The maximum absolute atomic E-state index is 14.0. The summed E-state index contributed by atoms with van der Waals surface area (Å²) in [6, 6.07) is 22.4. The molecule has 2 aromatic heterocycles. The Morgan fingerprint density at radius 3 is 2.49 bits per heavy atom. The van der Waals surface area contributed by atoms with Crippen molar-refractivity contribution in [1.29, 1.82) is 0 Å². The van der Waals surface area contributed by atoms with E-state index in [4.69, 9.17) is 13.9 Å². The van der Waals surface area contributed by atoms with Gasteiger partial charge in [-0.05, 0) is 55.0 Å². The zero-order valence-electron chi connectivity index (χ0n) is 21.1. The monoisotopic (exact) mass is 499 g/mol. The summed E-state index contributed by atoms with van der Waals surface area (Å²) >= 11 is 0. The number of ether oxygens (including phenoxy) is 2. The average Bonchev–Trinajstić information content (AvgIpc) is 3.60. The normalized spacial score (nSPS) is 16.8. The van der Waals surface area contributed by atoms with Crippen molar-refractivity contribution in [3.8, 4) is 23.0 Å². The lowest BCUT2D eigenvalue weighted by molar-refractivity contribution is -0.133. The van der Waals surface area contributed by atoms with Gasteiger partial charge in [0.1, 0.15) is 28.5 Å². The molecule has 0 bridgehead atoms. The van der Waals surface area contributed by atoms with Gasteiger partial charge in [-0.1, -0.05) is 30.3 Å². The third-order valence-electron chi connectivity index (χ3n) is 6.88. The molecule has 8 nitrogen and oxygen atoms in total. The number of nitrogens with one attached hydrogen (secondary N) is 1. The number of hydrogen-bond donors (Lipinski definition) is 1. The molecule has 190 valence electrons. The second-order valence-corrected chi connectivity index (χ2v) is 9.18. The zero-order chi connectivity index (χ0) is 26.0. The molecule has 0 saturated carbocycles. The smallest absolute Gasteiger partial charge is 0.271 e. The van der Waals surface area contributed by atoms with Gasteiger partial charge >= 0.3 is 0 Å². The summed E-state index contributed by atoms with van der Waals surface area (Å²) in [7, 11) is 3.16. The maximum Gasteiger partial charge on any atom is 0.271 e. The molecule has 2 aromatic carbocycles. The Balaban J connectivity index is 1.55. The van der Waals surface area contributed by atoms with E-state index in [0.717, 1.165) is 16.8 Å². The molecule has 3 heterocycles. The molecule has 0 aliphatic carbocycles. The van der Waals surface area contributed by atoms with E-state index in [2.05, 4.69) is 5.32 Å². The van der Waals surface area contributed by atoms with Crippen molar-refractivity contribution >= 4 is 11.8 Å². The molecule has 5 rings (SSSR count). The highest BCUT2D eigenvalue weighted by Crippen LogP contribution is 2.36. The Bertz CT molecular complexity index is 1410. The van der Waals surface area contributed by atoms with E-state index in [9.17, 15) is 9.59 Å². The number of rotatable bonds is 8. The first-order valence-corrected chi connectivity index (χ1v) is 12.0. The highest BCUT2D eigenvalue weighted by molar-refractivity contribution is 6.00. The minimum atomic E-state index is -1.20. The first-order valence-electron chi connectivity index (χ1n) is 12.0. The Morgan fingerprint density at radius 1 is 1.00 bits per heavy atom. The van der Waals surface area contributed by atoms with E-state index in [1.165, 1.54) is 0 Å². The molecule has 2 amide bonds. The van der Waals surface area contributed by atoms with Crippen LogP contribution in [0.15, 0.2) is 83.5 Å². The van der Waals surface area contributed by atoms with Gasteiger partial charge in [-0.2, -0.15) is 0 Å². The molecule has 0 spiro atoms. The van der Waals surface area contributed by atoms with Crippen LogP contribution in [0.3, 0.4) is 0 Å². The fourth-order valence-corrected chi connectivity index (χ4v) is 4.80. The quantitative estimate of drug-likeness (QED) is 0.386. The fraction of sp³-hybridized carbons (Fsp3) is 0.241. The van der Waals surface area contributed by atoms with Gasteiger partial charge < -0.3 is 28.7 Å². The summed E-state index contributed by atoms with van der Waals surface area (Å²) in [6.45, 7) is 2.57. The predicted octanol–water partition coefficient (Wildman–Crippen LogP) is 4.50. The zero-order valence-corrected chi connectivity index (χ0v) is 21.1. The van der Waals surface area contributed by atoms with Gasteiger partial charge in [0.15, 0.2) is 0 Å². The van der Waals surface area contributed by atoms with Crippen LogP contribution in [-0.2, 0) is 24.4 Å². The second kappa shape index (κ2) is 9.89. The average molecular weight is 500 g/mol. The molecule has 1 N–H and O–H groups in total. The van der Waals surface area contributed by atoms with Crippen molar-refractivity contribution in [1.82, 2.24) is 14.8 Å². The van der Waals surface area contributed by atoms with Gasteiger partial charge in [-0.15, -0.1) is 0 Å². The van der Waals surface area contributed by atoms with Gasteiger partial charge in [-0.25, -0.2) is 0 Å². The first-order chi connectivity index (χ1) is 17.9. The minimum Gasteiger partial charge on any atom is -0.497 e. The van der Waals surface area contributed by atoms with Crippen molar-refractivity contribution in [3.05, 3.63) is 95.9 Å². The van der Waals surface area contributed by atoms with Crippen molar-refractivity contribution in [3.63, 3.8) is 0 Å². The van der Waals surface area contributed by atoms with Gasteiger partial charge in [0.2, 0.25) is 5.91 Å². The lowest BCUT2D eigenvalue weighted by Crippen LogP contribution is -2.63. The molecule has 1 aliphatic heterocycles. The Hall–Kier alpha value is -4.46. The first kappa shape index (κ1) is 24.2. The molecule has 0 fully saturated rings. The van der Waals surface area contributed by atoms with E-state index in [1.807, 2.05) is 53.1 Å². The standard InChI is InChI=1S/C29H29N3O5/c1-29(28(34)30-17-20-8-5-4-6-9-20)19-31-23(26-10-7-15-37-26)12-13-24(31)27(33)32(29)18-21-16-22(35-2)11-14-25(21)36-3/h4-16H,17-19H2,1-3H3,(H,30,34). The van der Waals surface area contributed by atoms with Crippen LogP contribution in [0, 0.1) is 0 Å². The number of carbonyl (C=O) groups excluding carboxylic acids is 2. The molecule has 0 saturated heterocycles. The number of furan rings is 1. The lowest BCUT2D eigenvalue weighted by Gasteiger charge is -2.44. The molecule has 4 aromatic rings. The predicted molar refractivity (Wildman–Crippen MR) is 138 cm³/mol. The van der Waals surface area contributed by atoms with Crippen LogP contribution in [0.1, 0.15) is 28.5 Å². The van der Waals surface area contributed by atoms with Crippen molar-refractivity contribution in [2.24, 2.45) is 0 Å². The highest BCUT2D eigenvalue weighted by Gasteiger charge is 2.48. The SMILES string of the molecule is COc1ccc(OC)c(CN2C(=O)c3ccc(-c4ccco4)n3CC2(C)C(=O)NCc2ccccc2)c1. The number of fused-ring (bicyclic) bond motifs is 1. The lowest BCUT2D eigenvalue weighted by atomic mass is 9.93. The van der Waals surface area contributed by atoms with Crippen molar-refractivity contribution in [2.75, 3.05) is 14.2 Å². The maximum atomic E-state index is 14.0. The van der Waals surface area contributed by atoms with Crippen molar-refractivity contribution in [2.45, 2.75) is 32.1 Å². The molecule has 1 aliphatic rings. The summed E-state index contributed by atoms with van der Waals surface area (Å²) in [5, 5.41) is 3.05. The Labute approximate surface area is 215 Å². The third-order valence-corrected chi connectivity index (χ3v) is 6.88. The van der Waals surface area contributed by atoms with E-state index in [1.54, 1.807) is 56.6 Å². The summed E-state index contributed by atoms with van der Waals surface area (Å²) in [5.41, 5.74) is 1.74. The van der Waals surface area contributed by atoms with Crippen LogP contribution in [0.5, 0.6) is 11.5 Å². The van der Waals surface area contributed by atoms with E-state index >= 15 is 0 Å². The minimum absolute atomic E-state index is 0.162. The Morgan fingerprint density at radius 2 is 1.78 bits per heavy atom. The molecular formula is C29H29N3O5. The third kappa shape index (κ3) is 4.46. The van der Waals surface area contributed by atoms with Gasteiger partial charge in [0.25, 0.3) is 5.91 Å². The van der Waals surface area contributed by atoms with Gasteiger partial charge in [0, 0.05) is 12.1 Å². The van der Waals surface area contributed by atoms with Crippen LogP contribution in [0.25, 0.3) is 11.5 Å². The van der Waals surface area contributed by atoms with Gasteiger partial charge in [-0.3, -0.25) is 9.59 Å². The van der Waals surface area contributed by atoms with Crippen LogP contribution >= 0.6 is 0 Å². The summed E-state index contributed by atoms with van der Waals surface area (Å²) < 4.78 is 18.5. The largest absolute Gasteiger partial charge is 0.497 e. The number of hydrogen-bond acceptors (Lipinski definition) is 5. The van der Waals surface area contributed by atoms with Crippen LogP contribution in [0.2, 0.25) is 0 Å². The van der Waals surface area contributed by atoms with E-state index in [0.29, 0.717) is 29.5 Å². The van der Waals surface area contributed by atoms with Crippen LogP contribution < -0.4 is 14.8 Å². The number of methoxy groups -OCH3 is 2. The van der Waals surface area contributed by atoms with Crippen LogP contribution in [0.4, 0.5) is 0 Å². The second-order valence-electron chi connectivity index (χ2n) is 9.18. The summed E-state index contributed by atoms with van der Waals surface area (Å²) in [5.74, 6) is 1.37. The molecule has 1 unspecified atom stereocenters. The number of benzene rings is 2. The fourth-order valence-electron chi connectivity index (χ4n) is 4.80. The molecular weight excluding hydrogens is 470 g/mol. The Kier molecular flexibility index (Phi) is 6.48. The number of aromatic nitrogens is 1. The van der Waals surface area contributed by atoms with E-state index in [-0.39, 0.29) is 24.9 Å². The molecule has 37 heavy (non-hydrogen) atoms. The molecule has 1 atom stereocenters. The number of nitrogens with zero attached hydrogens (tertiary/aromatic N) is 2. The molecule has 8 heteroatoms. The number of carbonyl (C=O) groups is 2. The highest BCUT2D eigenvalue weighted by atomic mass is 16.5. The van der Waals surface area contributed by atoms with Gasteiger partial charge in [0.05, 0.1) is 39.3 Å². The number of amides is 2.